The molecule has 0 aliphatic rings. The lowest BCUT2D eigenvalue weighted by atomic mass is 10.2. The van der Waals surface area contributed by atoms with Gasteiger partial charge in [0, 0.05) is 13.0 Å². The summed E-state index contributed by atoms with van der Waals surface area (Å²) in [5.41, 5.74) is 6.65. The van der Waals surface area contributed by atoms with E-state index in [4.69, 9.17) is 5.73 Å². The van der Waals surface area contributed by atoms with E-state index in [2.05, 4.69) is 59.8 Å². The predicted octanol–water partition coefficient (Wildman–Crippen LogP) is 1.86. The van der Waals surface area contributed by atoms with E-state index in [0.717, 1.165) is 19.5 Å². The highest BCUT2D eigenvalue weighted by Gasteiger charge is 2.02. The molecule has 0 aromatic heterocycles. The first kappa shape index (κ1) is 14.3. The van der Waals surface area contributed by atoms with E-state index in [9.17, 15) is 0 Å². The summed E-state index contributed by atoms with van der Waals surface area (Å²) in [7, 11) is 0. The average Bonchev–Trinajstić information content (AvgIpc) is 2.40. The van der Waals surface area contributed by atoms with Crippen molar-refractivity contribution in [3.05, 3.63) is 35.9 Å². The Morgan fingerprint density at radius 1 is 1.00 bits per heavy atom. The average molecular weight is 240 g/mol. The van der Waals surface area contributed by atoms with E-state index < -0.39 is 0 Å². The number of rotatable bonds is 4. The van der Waals surface area contributed by atoms with Crippen LogP contribution in [0.4, 0.5) is 0 Å². The predicted molar refractivity (Wildman–Crippen MR) is 76.6 cm³/mol. The van der Waals surface area contributed by atoms with Crippen LogP contribution in [0, 0.1) is 23.7 Å². The third kappa shape index (κ3) is 6.11. The summed E-state index contributed by atoms with van der Waals surface area (Å²) in [4.78, 5) is 2.22. The summed E-state index contributed by atoms with van der Waals surface area (Å²) < 4.78 is 0. The van der Waals surface area contributed by atoms with E-state index in [1.54, 1.807) is 0 Å². The molecular formula is C16H20N2. The summed E-state index contributed by atoms with van der Waals surface area (Å²) >= 11 is 0. The topological polar surface area (TPSA) is 29.3 Å². The Bertz CT molecular complexity index is 419. The van der Waals surface area contributed by atoms with Crippen LogP contribution in [0.3, 0.4) is 0 Å². The van der Waals surface area contributed by atoms with Crippen LogP contribution in [0.15, 0.2) is 30.3 Å². The maximum Gasteiger partial charge on any atom is 0.0613 e. The van der Waals surface area contributed by atoms with Gasteiger partial charge in [0.25, 0.3) is 0 Å². The fraction of sp³-hybridized carbons (Fsp3) is 0.375. The Hall–Kier alpha value is -1.74. The molecule has 0 spiro atoms. The number of hydrogen-bond donors (Lipinski definition) is 1. The number of nitrogens with two attached hydrogens (primary N) is 1. The van der Waals surface area contributed by atoms with Crippen LogP contribution >= 0.6 is 0 Å². The van der Waals surface area contributed by atoms with Crippen LogP contribution in [0.25, 0.3) is 0 Å². The minimum Gasteiger partial charge on any atom is -0.320 e. The van der Waals surface area contributed by atoms with Gasteiger partial charge in [-0.1, -0.05) is 55.0 Å². The maximum absolute atomic E-state index is 5.37. The SMILES string of the molecule is CCC#CCN(CC#CCN)Cc1ccccc1. The molecule has 0 fully saturated rings. The molecule has 0 heterocycles. The molecule has 0 aliphatic carbocycles. The standard InChI is InChI=1S/C16H20N2/c1-2-3-8-13-18(14-9-7-12-17)15-16-10-5-4-6-11-16/h4-6,10-11H,2,12-15,17H2,1H3. The summed E-state index contributed by atoms with van der Waals surface area (Å²) in [5.74, 6) is 12.2. The Morgan fingerprint density at radius 3 is 2.28 bits per heavy atom. The Morgan fingerprint density at radius 2 is 1.67 bits per heavy atom. The van der Waals surface area contributed by atoms with Crippen LogP contribution in [0.1, 0.15) is 18.9 Å². The largest absolute Gasteiger partial charge is 0.320 e. The molecule has 0 atom stereocenters. The van der Waals surface area contributed by atoms with Crippen molar-refractivity contribution in [1.82, 2.24) is 4.90 Å². The van der Waals surface area contributed by atoms with Gasteiger partial charge in [0.05, 0.1) is 19.6 Å². The summed E-state index contributed by atoms with van der Waals surface area (Å²) in [5, 5.41) is 0. The molecule has 94 valence electrons. The quantitative estimate of drug-likeness (QED) is 0.814. The molecule has 2 N–H and O–H groups in total. The minimum atomic E-state index is 0.416. The second-order valence-corrected chi connectivity index (χ2v) is 3.90. The molecule has 0 amide bonds. The molecule has 0 saturated carbocycles. The second-order valence-electron chi connectivity index (χ2n) is 3.90. The maximum atomic E-state index is 5.37. The van der Waals surface area contributed by atoms with Crippen molar-refractivity contribution in [2.45, 2.75) is 19.9 Å². The van der Waals surface area contributed by atoms with Gasteiger partial charge in [-0.2, -0.15) is 0 Å². The molecule has 0 unspecified atom stereocenters. The van der Waals surface area contributed by atoms with Gasteiger partial charge in [0.15, 0.2) is 0 Å². The minimum absolute atomic E-state index is 0.416. The molecule has 0 bridgehead atoms. The van der Waals surface area contributed by atoms with Crippen molar-refractivity contribution < 1.29 is 0 Å². The highest BCUT2D eigenvalue weighted by atomic mass is 15.1. The third-order valence-electron chi connectivity index (χ3n) is 2.38. The zero-order valence-corrected chi connectivity index (χ0v) is 10.9. The van der Waals surface area contributed by atoms with E-state index in [-0.39, 0.29) is 0 Å². The first-order valence-corrected chi connectivity index (χ1v) is 6.24. The van der Waals surface area contributed by atoms with E-state index in [1.807, 2.05) is 6.07 Å². The molecular weight excluding hydrogens is 220 g/mol. The van der Waals surface area contributed by atoms with Crippen LogP contribution in [-0.4, -0.2) is 24.5 Å². The lowest BCUT2D eigenvalue weighted by Crippen LogP contribution is -2.24. The first-order chi connectivity index (χ1) is 8.86. The summed E-state index contributed by atoms with van der Waals surface area (Å²) in [6.45, 7) is 4.81. The van der Waals surface area contributed by atoms with Gasteiger partial charge in [0.2, 0.25) is 0 Å². The fourth-order valence-electron chi connectivity index (χ4n) is 1.54. The van der Waals surface area contributed by atoms with Crippen molar-refractivity contribution in [3.63, 3.8) is 0 Å². The van der Waals surface area contributed by atoms with Crippen molar-refractivity contribution in [1.29, 1.82) is 0 Å². The first-order valence-electron chi connectivity index (χ1n) is 6.24. The van der Waals surface area contributed by atoms with Crippen molar-refractivity contribution in [2.24, 2.45) is 5.73 Å². The molecule has 2 nitrogen and oxygen atoms in total. The Labute approximate surface area is 110 Å². The van der Waals surface area contributed by atoms with Crippen LogP contribution in [-0.2, 0) is 6.54 Å². The van der Waals surface area contributed by atoms with Crippen LogP contribution in [0.5, 0.6) is 0 Å². The fourth-order valence-corrected chi connectivity index (χ4v) is 1.54. The molecule has 2 heteroatoms. The summed E-state index contributed by atoms with van der Waals surface area (Å²) in [6.07, 6.45) is 0.896. The monoisotopic (exact) mass is 240 g/mol. The van der Waals surface area contributed by atoms with Gasteiger partial charge in [-0.05, 0) is 5.56 Å². The second kappa shape index (κ2) is 9.31. The van der Waals surface area contributed by atoms with Gasteiger partial charge >= 0.3 is 0 Å². The molecule has 0 radical (unpaired) electrons. The molecule has 0 aliphatic heterocycles. The zero-order chi connectivity index (χ0) is 13.1. The molecule has 1 aromatic rings. The smallest absolute Gasteiger partial charge is 0.0613 e. The zero-order valence-electron chi connectivity index (χ0n) is 10.9. The van der Waals surface area contributed by atoms with Gasteiger partial charge in [-0.3, -0.25) is 4.90 Å². The lowest BCUT2D eigenvalue weighted by Gasteiger charge is -2.16. The number of benzene rings is 1. The van der Waals surface area contributed by atoms with E-state index in [0.29, 0.717) is 13.1 Å². The normalized spacial score (nSPS) is 9.28. The molecule has 1 aromatic carbocycles. The van der Waals surface area contributed by atoms with Gasteiger partial charge in [-0.25, -0.2) is 0 Å². The van der Waals surface area contributed by atoms with Crippen LogP contribution in [0.2, 0.25) is 0 Å². The van der Waals surface area contributed by atoms with Gasteiger partial charge < -0.3 is 5.73 Å². The highest BCUT2D eigenvalue weighted by Crippen LogP contribution is 2.03. The van der Waals surface area contributed by atoms with E-state index in [1.165, 1.54) is 5.56 Å². The highest BCUT2D eigenvalue weighted by molar-refractivity contribution is 5.15. The van der Waals surface area contributed by atoms with Crippen LogP contribution < -0.4 is 5.73 Å². The van der Waals surface area contributed by atoms with Crippen molar-refractivity contribution in [2.75, 3.05) is 19.6 Å². The van der Waals surface area contributed by atoms with Crippen molar-refractivity contribution >= 4 is 0 Å². The number of hydrogen-bond acceptors (Lipinski definition) is 2. The van der Waals surface area contributed by atoms with E-state index >= 15 is 0 Å². The number of nitrogens with zero attached hydrogens (tertiary/aromatic N) is 1. The lowest BCUT2D eigenvalue weighted by molar-refractivity contribution is 0.337. The Balaban J connectivity index is 2.58. The Kier molecular flexibility index (Phi) is 7.40. The molecule has 18 heavy (non-hydrogen) atoms. The summed E-state index contributed by atoms with van der Waals surface area (Å²) in [6, 6.07) is 10.4. The van der Waals surface area contributed by atoms with Crippen molar-refractivity contribution in [3.8, 4) is 23.7 Å². The molecule has 1 rings (SSSR count). The van der Waals surface area contributed by atoms with Gasteiger partial charge in [0.1, 0.15) is 0 Å². The third-order valence-corrected chi connectivity index (χ3v) is 2.38. The molecule has 0 saturated heterocycles. The van der Waals surface area contributed by atoms with Gasteiger partial charge in [-0.15, -0.1) is 5.92 Å².